The van der Waals surface area contributed by atoms with Gasteiger partial charge in [-0.3, -0.25) is 0 Å². The summed E-state index contributed by atoms with van der Waals surface area (Å²) in [6.45, 7) is 7.00. The quantitative estimate of drug-likeness (QED) is 0.0959. The first kappa shape index (κ1) is 60.7. The summed E-state index contributed by atoms with van der Waals surface area (Å²) < 4.78 is 194. The van der Waals surface area contributed by atoms with Crippen molar-refractivity contribution in [2.24, 2.45) is 0 Å². The van der Waals surface area contributed by atoms with Crippen molar-refractivity contribution < 1.29 is 106 Å². The van der Waals surface area contributed by atoms with Gasteiger partial charge in [-0.15, -0.1) is 0 Å². The Labute approximate surface area is 416 Å². The molecule has 6 aromatic rings. The van der Waals surface area contributed by atoms with Crippen LogP contribution in [0.5, 0.6) is 23.0 Å². The van der Waals surface area contributed by atoms with Crippen molar-refractivity contribution >= 4 is 15.6 Å². The van der Waals surface area contributed by atoms with E-state index in [1.165, 1.54) is 24.3 Å². The third-order valence-electron chi connectivity index (χ3n) is 9.03. The van der Waals surface area contributed by atoms with Crippen molar-refractivity contribution in [3.05, 3.63) is 169 Å². The van der Waals surface area contributed by atoms with E-state index < -0.39 is 15.6 Å². The van der Waals surface area contributed by atoms with Crippen LogP contribution in [0.15, 0.2) is 146 Å². The van der Waals surface area contributed by atoms with Gasteiger partial charge >= 0.3 is 66.0 Å². The third kappa shape index (κ3) is 32.3. The van der Waals surface area contributed by atoms with Crippen LogP contribution in [0, 0.1) is 11.6 Å². The molecule has 1 aliphatic heterocycles. The minimum Gasteiger partial charge on any atom is -0.491 e. The fourth-order valence-electron chi connectivity index (χ4n) is 5.96. The van der Waals surface area contributed by atoms with Gasteiger partial charge in [-0.2, -0.15) is 0 Å². The Hall–Kier alpha value is -5.90. The minimum atomic E-state index is -10.7. The molecule has 0 saturated carbocycles. The van der Waals surface area contributed by atoms with Gasteiger partial charge in [0.2, 0.25) is 0 Å². The van der Waals surface area contributed by atoms with Gasteiger partial charge in [0.15, 0.2) is 49.4 Å². The molecule has 0 saturated heterocycles. The van der Waals surface area contributed by atoms with Crippen molar-refractivity contribution in [2.75, 3.05) is 79.3 Å². The molecule has 3 heterocycles. The van der Waals surface area contributed by atoms with E-state index in [2.05, 4.69) is 33.4 Å². The van der Waals surface area contributed by atoms with Crippen LogP contribution in [-0.2, 0) is 32.0 Å². The Bertz CT molecular complexity index is 2390. The number of para-hydroxylation sites is 2. The average molecular weight is 1110 g/mol. The topological polar surface area (TPSA) is 81.6 Å². The zero-order chi connectivity index (χ0) is 54.3. The van der Waals surface area contributed by atoms with Crippen molar-refractivity contribution in [1.82, 2.24) is 0 Å². The number of ether oxygens (including phenoxy) is 8. The molecule has 0 fully saturated rings. The molecule has 0 unspecified atom stereocenters. The Morgan fingerprint density at radius 1 is 0.338 bits per heavy atom. The van der Waals surface area contributed by atoms with Gasteiger partial charge in [0.25, 0.3) is 0 Å². The second-order valence-electron chi connectivity index (χ2n) is 15.5. The van der Waals surface area contributed by atoms with E-state index in [9.17, 15) is 59.1 Å². The Kier molecular flexibility index (Phi) is 21.3. The maximum Gasteiger partial charge on any atom is 0.173 e. The van der Waals surface area contributed by atoms with E-state index in [0.29, 0.717) is 104 Å². The molecule has 0 aliphatic carbocycles. The summed E-state index contributed by atoms with van der Waals surface area (Å²) in [5.74, 6) is 2.41. The smallest absolute Gasteiger partial charge is 0.173 e. The summed E-state index contributed by atoms with van der Waals surface area (Å²) in [5.41, 5.74) is 4.37. The molecule has 4 aromatic carbocycles. The number of halogens is 14. The normalized spacial score (nSPS) is 16.4. The summed E-state index contributed by atoms with van der Waals surface area (Å²) in [5, 5.41) is 0. The molecule has 0 amide bonds. The molecule has 2 aromatic heterocycles. The summed E-state index contributed by atoms with van der Waals surface area (Å²) in [4.78, 5) is 0. The SMILES string of the molecule is F[P-](F)(F)(F)(F)F.F[P-](F)(F)(F)(F)F.Fc1ccc(C[n+]2ccc(-c3cc[n+](Cc4ccc(F)cc4)cc3)cc2)cc1.c1cc2cc(c1)OCCOCCOCCOc1ccccc1OCCOCCOCCO2. The van der Waals surface area contributed by atoms with Gasteiger partial charge in [0, 0.05) is 41.5 Å². The van der Waals surface area contributed by atoms with Crippen LogP contribution in [-0.4, -0.2) is 79.3 Å². The van der Waals surface area contributed by atoms with Crippen molar-refractivity contribution in [3.63, 3.8) is 0 Å². The minimum absolute atomic E-state index is 0.218. The van der Waals surface area contributed by atoms with Gasteiger partial charge in [-0.1, -0.05) is 18.2 Å². The Morgan fingerprint density at radius 3 is 0.932 bits per heavy atom. The van der Waals surface area contributed by atoms with Crippen LogP contribution in [0.25, 0.3) is 11.1 Å². The van der Waals surface area contributed by atoms with Gasteiger partial charge < -0.3 is 37.9 Å². The second kappa shape index (κ2) is 26.0. The number of rotatable bonds is 5. The van der Waals surface area contributed by atoms with Crippen LogP contribution in [0.4, 0.5) is 59.1 Å². The molecule has 1 aliphatic rings. The molecule has 410 valence electrons. The molecule has 0 atom stereocenters. The van der Waals surface area contributed by atoms with Crippen molar-refractivity contribution in [3.8, 4) is 34.1 Å². The summed E-state index contributed by atoms with van der Waals surface area (Å²) in [6.07, 6.45) is 8.10. The number of hydrogen-bond donors (Lipinski definition) is 0. The van der Waals surface area contributed by atoms with E-state index >= 15 is 0 Å². The maximum absolute atomic E-state index is 13.0. The van der Waals surface area contributed by atoms with Crippen molar-refractivity contribution in [1.29, 1.82) is 0 Å². The molecule has 26 heteroatoms. The number of fused-ring (bicyclic) bond motifs is 3. The van der Waals surface area contributed by atoms with Gasteiger partial charge in [0.1, 0.15) is 49.6 Å². The molecule has 74 heavy (non-hydrogen) atoms. The average Bonchev–Trinajstić information content (AvgIpc) is 3.31. The van der Waals surface area contributed by atoms with E-state index in [1.54, 1.807) is 24.3 Å². The van der Waals surface area contributed by atoms with E-state index in [0.717, 1.165) is 33.8 Å². The number of pyridine rings is 2. The molecule has 10 nitrogen and oxygen atoms in total. The first-order valence-corrected chi connectivity index (χ1v) is 26.1. The molecule has 7 rings (SSSR count). The Balaban J connectivity index is 0.000000256. The molecule has 0 N–H and O–H groups in total. The van der Waals surface area contributed by atoms with Crippen LogP contribution in [0.3, 0.4) is 0 Å². The van der Waals surface area contributed by atoms with Crippen LogP contribution in [0.1, 0.15) is 11.1 Å². The predicted octanol–water partition coefficient (Wildman–Crippen LogP) is 14.1. The fraction of sp³-hybridized carbons (Fsp3) is 0.292. The zero-order valence-corrected chi connectivity index (χ0v) is 40.9. The predicted molar refractivity (Wildman–Crippen MR) is 249 cm³/mol. The van der Waals surface area contributed by atoms with Gasteiger partial charge in [-0.25, -0.2) is 17.9 Å². The van der Waals surface area contributed by atoms with E-state index in [1.807, 2.05) is 73.3 Å². The number of hydrogen-bond acceptors (Lipinski definition) is 8. The molecule has 2 bridgehead atoms. The van der Waals surface area contributed by atoms with Crippen LogP contribution >= 0.6 is 15.6 Å². The monoisotopic (exact) mass is 1110 g/mol. The summed E-state index contributed by atoms with van der Waals surface area (Å²) in [6, 6.07) is 36.5. The second-order valence-corrected chi connectivity index (χ2v) is 19.3. The summed E-state index contributed by atoms with van der Waals surface area (Å²) >= 11 is 0. The largest absolute Gasteiger partial charge is 0.491 e. The molecule has 0 spiro atoms. The van der Waals surface area contributed by atoms with Crippen LogP contribution < -0.4 is 28.1 Å². The van der Waals surface area contributed by atoms with E-state index in [-0.39, 0.29) is 11.6 Å². The standard InChI is InChI=1S/C24H20F2N2.C24H32O8.2F6P/c25-23-5-1-19(2-6-23)17-27-13-9-21(10-14-27)22-11-15-28(16-12-22)18-20-3-7-24(26)8-4-20;1-2-7-24-23(6-1)31-18-14-27-10-8-25-12-16-29-21-4-3-5-22(20-21)30-17-13-26-9-11-28-15-19-32-24;2*1-7(2,3,4,5)6/h1-16H,17-18H2;1-7,20H,8-19H2;;/q+2;;2*-1. The number of nitrogens with zero attached hydrogens (tertiary/aromatic N) is 2. The van der Waals surface area contributed by atoms with Crippen LogP contribution in [0.2, 0.25) is 0 Å². The first-order valence-electron chi connectivity index (χ1n) is 22.1. The molecular weight excluding hydrogens is 1060 g/mol. The molecular formula is C48H52F14N2O8P2. The number of aromatic nitrogens is 2. The maximum atomic E-state index is 13.0. The van der Waals surface area contributed by atoms with Gasteiger partial charge in [-0.05, 0) is 83.9 Å². The summed E-state index contributed by atoms with van der Waals surface area (Å²) in [7, 11) is -21.3. The third-order valence-corrected chi connectivity index (χ3v) is 9.03. The zero-order valence-electron chi connectivity index (χ0n) is 39.1. The fourth-order valence-corrected chi connectivity index (χ4v) is 5.96. The first-order chi connectivity index (χ1) is 34.5. The van der Waals surface area contributed by atoms with Gasteiger partial charge in [0.05, 0.1) is 52.9 Å². The molecule has 0 radical (unpaired) electrons. The Morgan fingerprint density at radius 2 is 0.622 bits per heavy atom. The van der Waals surface area contributed by atoms with Crippen molar-refractivity contribution in [2.45, 2.75) is 13.1 Å². The van der Waals surface area contributed by atoms with E-state index in [4.69, 9.17) is 37.9 Å². The number of benzene rings is 4.